The fraction of sp³-hybridized carbons (Fsp3) is 0.923. The second-order valence-electron chi connectivity index (χ2n) is 5.82. The zero-order valence-corrected chi connectivity index (χ0v) is 9.85. The average Bonchev–Trinajstić information content (AvgIpc) is 2.23. The fourth-order valence-electron chi connectivity index (χ4n) is 4.37. The Morgan fingerprint density at radius 1 is 1.06 bits per heavy atom. The van der Waals surface area contributed by atoms with Crippen LogP contribution in [0.5, 0.6) is 0 Å². The maximum Gasteiger partial charge on any atom is 0.332 e. The number of carbonyl (C=O) groups is 1. The van der Waals surface area contributed by atoms with Gasteiger partial charge in [0.1, 0.15) is 12.7 Å². The first-order chi connectivity index (χ1) is 7.76. The molecular formula is C13H20O3. The summed E-state index contributed by atoms with van der Waals surface area (Å²) in [5.41, 5.74) is 0. The van der Waals surface area contributed by atoms with Crippen LogP contribution in [-0.2, 0) is 14.3 Å². The summed E-state index contributed by atoms with van der Waals surface area (Å²) >= 11 is 0. The van der Waals surface area contributed by atoms with Crippen molar-refractivity contribution in [1.82, 2.24) is 0 Å². The van der Waals surface area contributed by atoms with Crippen LogP contribution in [0.15, 0.2) is 0 Å². The van der Waals surface area contributed by atoms with Crippen LogP contribution in [0.2, 0.25) is 0 Å². The molecule has 0 aromatic carbocycles. The number of hydrogen-bond donors (Lipinski definition) is 0. The molecule has 4 aliphatic rings. The molecule has 0 aromatic rings. The summed E-state index contributed by atoms with van der Waals surface area (Å²) < 4.78 is 10.4. The van der Waals surface area contributed by atoms with Crippen molar-refractivity contribution in [3.05, 3.63) is 0 Å². The Labute approximate surface area is 96.5 Å². The predicted molar refractivity (Wildman–Crippen MR) is 58.8 cm³/mol. The van der Waals surface area contributed by atoms with Crippen molar-refractivity contribution < 1.29 is 14.3 Å². The van der Waals surface area contributed by atoms with Crippen molar-refractivity contribution in [2.45, 2.75) is 38.2 Å². The molecule has 90 valence electrons. The van der Waals surface area contributed by atoms with Crippen LogP contribution in [0.3, 0.4) is 0 Å². The third kappa shape index (κ3) is 1.75. The highest BCUT2D eigenvalue weighted by Gasteiger charge is 2.49. The van der Waals surface area contributed by atoms with E-state index in [4.69, 9.17) is 9.47 Å². The maximum atomic E-state index is 11.5. The highest BCUT2D eigenvalue weighted by Crippen LogP contribution is 2.54. The molecule has 16 heavy (non-hydrogen) atoms. The minimum Gasteiger partial charge on any atom is -0.460 e. The van der Waals surface area contributed by atoms with Crippen LogP contribution in [0.25, 0.3) is 0 Å². The summed E-state index contributed by atoms with van der Waals surface area (Å²) in [5, 5.41) is 0. The second kappa shape index (κ2) is 4.02. The number of ether oxygens (including phenoxy) is 2. The SMILES string of the molecule is COCC(=O)OC1C2CC3CC(C2)CC1C3. The summed E-state index contributed by atoms with van der Waals surface area (Å²) in [5.74, 6) is 2.98. The predicted octanol–water partition coefficient (Wildman–Crippen LogP) is 2.00. The third-order valence-corrected chi connectivity index (χ3v) is 4.67. The van der Waals surface area contributed by atoms with Gasteiger partial charge in [0, 0.05) is 7.11 Å². The van der Waals surface area contributed by atoms with Gasteiger partial charge in [0.15, 0.2) is 0 Å². The molecule has 0 N–H and O–H groups in total. The van der Waals surface area contributed by atoms with Gasteiger partial charge in [-0.05, 0) is 55.8 Å². The molecule has 4 bridgehead atoms. The summed E-state index contributed by atoms with van der Waals surface area (Å²) in [4.78, 5) is 11.5. The Kier molecular flexibility index (Phi) is 2.66. The van der Waals surface area contributed by atoms with E-state index < -0.39 is 0 Å². The van der Waals surface area contributed by atoms with Crippen molar-refractivity contribution in [1.29, 1.82) is 0 Å². The Bertz CT molecular complexity index is 259. The molecular weight excluding hydrogens is 204 g/mol. The van der Waals surface area contributed by atoms with E-state index in [1.165, 1.54) is 39.2 Å². The van der Waals surface area contributed by atoms with Gasteiger partial charge in [-0.25, -0.2) is 4.79 Å². The number of methoxy groups -OCH3 is 1. The normalized spacial score (nSPS) is 44.7. The van der Waals surface area contributed by atoms with Crippen molar-refractivity contribution in [2.75, 3.05) is 13.7 Å². The molecule has 0 amide bonds. The maximum absolute atomic E-state index is 11.5. The van der Waals surface area contributed by atoms with E-state index >= 15 is 0 Å². The summed E-state index contributed by atoms with van der Waals surface area (Å²) in [7, 11) is 1.54. The molecule has 4 fully saturated rings. The zero-order chi connectivity index (χ0) is 11.1. The van der Waals surface area contributed by atoms with Gasteiger partial charge in [0.05, 0.1) is 0 Å². The molecule has 0 unspecified atom stereocenters. The Hall–Kier alpha value is -0.570. The van der Waals surface area contributed by atoms with Gasteiger partial charge in [0.25, 0.3) is 0 Å². The molecule has 4 saturated carbocycles. The lowest BCUT2D eigenvalue weighted by Gasteiger charge is -2.53. The standard InChI is InChI=1S/C13H20O3/c1-15-7-12(14)16-13-10-3-8-2-9(5-10)6-11(13)4-8/h8-11,13H,2-7H2,1H3. The van der Waals surface area contributed by atoms with Gasteiger partial charge in [-0.15, -0.1) is 0 Å². The van der Waals surface area contributed by atoms with Gasteiger partial charge in [-0.3, -0.25) is 0 Å². The fourth-order valence-corrected chi connectivity index (χ4v) is 4.37. The largest absolute Gasteiger partial charge is 0.460 e. The molecule has 0 radical (unpaired) electrons. The van der Waals surface area contributed by atoms with Crippen molar-refractivity contribution in [2.24, 2.45) is 23.7 Å². The van der Waals surface area contributed by atoms with Gasteiger partial charge in [0.2, 0.25) is 0 Å². The topological polar surface area (TPSA) is 35.5 Å². The van der Waals surface area contributed by atoms with Gasteiger partial charge in [-0.2, -0.15) is 0 Å². The van der Waals surface area contributed by atoms with E-state index in [0.717, 1.165) is 11.8 Å². The van der Waals surface area contributed by atoms with Crippen molar-refractivity contribution in [3.8, 4) is 0 Å². The molecule has 0 atom stereocenters. The van der Waals surface area contributed by atoms with E-state index in [-0.39, 0.29) is 18.7 Å². The van der Waals surface area contributed by atoms with Crippen LogP contribution < -0.4 is 0 Å². The zero-order valence-electron chi connectivity index (χ0n) is 9.85. The highest BCUT2D eigenvalue weighted by atomic mass is 16.6. The average molecular weight is 224 g/mol. The molecule has 0 saturated heterocycles. The molecule has 4 rings (SSSR count). The van der Waals surface area contributed by atoms with Crippen LogP contribution in [0, 0.1) is 23.7 Å². The number of esters is 1. The molecule has 0 spiro atoms. The summed E-state index contributed by atoms with van der Waals surface area (Å²) in [6, 6.07) is 0. The second-order valence-corrected chi connectivity index (χ2v) is 5.82. The number of carbonyl (C=O) groups excluding carboxylic acids is 1. The van der Waals surface area contributed by atoms with E-state index in [1.807, 2.05) is 0 Å². The first kappa shape index (κ1) is 10.6. The Morgan fingerprint density at radius 3 is 2.12 bits per heavy atom. The number of hydrogen-bond acceptors (Lipinski definition) is 3. The minimum atomic E-state index is -0.181. The molecule has 3 nitrogen and oxygen atoms in total. The first-order valence-electron chi connectivity index (χ1n) is 6.44. The van der Waals surface area contributed by atoms with Gasteiger partial charge >= 0.3 is 5.97 Å². The van der Waals surface area contributed by atoms with E-state index in [0.29, 0.717) is 11.8 Å². The lowest BCUT2D eigenvalue weighted by Crippen LogP contribution is -2.50. The Morgan fingerprint density at radius 2 is 1.62 bits per heavy atom. The van der Waals surface area contributed by atoms with E-state index in [1.54, 1.807) is 0 Å². The molecule has 0 aliphatic heterocycles. The number of rotatable bonds is 3. The monoisotopic (exact) mass is 224 g/mol. The van der Waals surface area contributed by atoms with E-state index in [9.17, 15) is 4.79 Å². The molecule has 3 heteroatoms. The van der Waals surface area contributed by atoms with Crippen molar-refractivity contribution in [3.63, 3.8) is 0 Å². The summed E-state index contributed by atoms with van der Waals surface area (Å²) in [6.45, 7) is 0.1000. The van der Waals surface area contributed by atoms with Crippen molar-refractivity contribution >= 4 is 5.97 Å². The lowest BCUT2D eigenvalue weighted by atomic mass is 9.55. The van der Waals surface area contributed by atoms with Gasteiger partial charge < -0.3 is 9.47 Å². The third-order valence-electron chi connectivity index (χ3n) is 4.67. The van der Waals surface area contributed by atoms with Crippen LogP contribution in [-0.4, -0.2) is 25.8 Å². The summed E-state index contributed by atoms with van der Waals surface area (Å²) in [6.07, 6.45) is 6.80. The smallest absolute Gasteiger partial charge is 0.332 e. The van der Waals surface area contributed by atoms with Crippen LogP contribution in [0.4, 0.5) is 0 Å². The minimum absolute atomic E-state index is 0.1000. The lowest BCUT2D eigenvalue weighted by molar-refractivity contribution is -0.174. The Balaban J connectivity index is 1.65. The van der Waals surface area contributed by atoms with Crippen LogP contribution >= 0.6 is 0 Å². The van der Waals surface area contributed by atoms with Gasteiger partial charge in [-0.1, -0.05) is 0 Å². The van der Waals surface area contributed by atoms with Crippen LogP contribution in [0.1, 0.15) is 32.1 Å². The first-order valence-corrected chi connectivity index (χ1v) is 6.44. The molecule has 0 heterocycles. The molecule has 4 aliphatic carbocycles. The molecule has 0 aromatic heterocycles. The highest BCUT2D eigenvalue weighted by molar-refractivity contribution is 5.70. The van der Waals surface area contributed by atoms with E-state index in [2.05, 4.69) is 0 Å². The quantitative estimate of drug-likeness (QED) is 0.688.